The van der Waals surface area contributed by atoms with Gasteiger partial charge >= 0.3 is 0 Å². The zero-order valence-corrected chi connectivity index (χ0v) is 11.5. The van der Waals surface area contributed by atoms with Crippen molar-refractivity contribution in [2.45, 2.75) is 19.3 Å². The van der Waals surface area contributed by atoms with Crippen molar-refractivity contribution in [1.82, 2.24) is 0 Å². The van der Waals surface area contributed by atoms with Crippen LogP contribution in [0.25, 0.3) is 0 Å². The second-order valence-electron chi connectivity index (χ2n) is 4.57. The van der Waals surface area contributed by atoms with E-state index >= 15 is 0 Å². The third-order valence-electron chi connectivity index (χ3n) is 2.97. The Kier molecular flexibility index (Phi) is 4.58. The molecule has 3 heteroatoms. The molecule has 1 N–H and O–H groups in total. The summed E-state index contributed by atoms with van der Waals surface area (Å²) >= 11 is 5.88. The molecule has 0 saturated carbocycles. The monoisotopic (exact) mass is 273 g/mol. The summed E-state index contributed by atoms with van der Waals surface area (Å²) in [6.45, 7) is 2.05. The van der Waals surface area contributed by atoms with Crippen LogP contribution in [-0.2, 0) is 4.79 Å². The average molecular weight is 274 g/mol. The second-order valence-corrected chi connectivity index (χ2v) is 5.01. The number of hydrogen-bond donors (Lipinski definition) is 1. The molecule has 0 saturated heterocycles. The lowest BCUT2D eigenvalue weighted by atomic mass is 9.97. The van der Waals surface area contributed by atoms with E-state index in [-0.39, 0.29) is 11.8 Å². The Hall–Kier alpha value is -1.80. The molecule has 0 radical (unpaired) electrons. The van der Waals surface area contributed by atoms with E-state index in [1.807, 2.05) is 49.4 Å². The van der Waals surface area contributed by atoms with Crippen molar-refractivity contribution in [3.63, 3.8) is 0 Å². The summed E-state index contributed by atoms with van der Waals surface area (Å²) in [7, 11) is 0. The molecule has 0 aliphatic rings. The number of benzene rings is 2. The Morgan fingerprint density at radius 2 is 1.89 bits per heavy atom. The summed E-state index contributed by atoms with van der Waals surface area (Å²) in [6, 6.07) is 17.2. The fourth-order valence-corrected chi connectivity index (χ4v) is 2.15. The van der Waals surface area contributed by atoms with E-state index in [0.717, 1.165) is 5.69 Å². The van der Waals surface area contributed by atoms with E-state index in [4.69, 9.17) is 11.6 Å². The Morgan fingerprint density at radius 1 is 1.16 bits per heavy atom. The first kappa shape index (κ1) is 13.6. The molecule has 98 valence electrons. The molecule has 0 aromatic heterocycles. The lowest BCUT2D eigenvalue weighted by molar-refractivity contribution is -0.116. The maximum Gasteiger partial charge on any atom is 0.224 e. The Labute approximate surface area is 118 Å². The number of hydrogen-bond acceptors (Lipinski definition) is 1. The van der Waals surface area contributed by atoms with Gasteiger partial charge in [0, 0.05) is 17.1 Å². The molecule has 2 rings (SSSR count). The van der Waals surface area contributed by atoms with Crippen molar-refractivity contribution in [3.8, 4) is 0 Å². The topological polar surface area (TPSA) is 29.1 Å². The SMILES string of the molecule is C[C@H](CC(=O)Nc1cccc(Cl)c1)c1ccccc1. The van der Waals surface area contributed by atoms with Crippen LogP contribution in [0.4, 0.5) is 5.69 Å². The summed E-state index contributed by atoms with van der Waals surface area (Å²) in [5, 5.41) is 3.48. The van der Waals surface area contributed by atoms with Gasteiger partial charge in [-0.1, -0.05) is 54.9 Å². The van der Waals surface area contributed by atoms with Crippen LogP contribution in [0.2, 0.25) is 5.02 Å². The second kappa shape index (κ2) is 6.39. The van der Waals surface area contributed by atoms with Gasteiger partial charge in [-0.2, -0.15) is 0 Å². The highest BCUT2D eigenvalue weighted by molar-refractivity contribution is 6.30. The van der Waals surface area contributed by atoms with Gasteiger partial charge in [0.05, 0.1) is 0 Å². The zero-order valence-electron chi connectivity index (χ0n) is 10.8. The smallest absolute Gasteiger partial charge is 0.224 e. The van der Waals surface area contributed by atoms with E-state index in [1.54, 1.807) is 12.1 Å². The highest BCUT2D eigenvalue weighted by Gasteiger charge is 2.11. The molecule has 19 heavy (non-hydrogen) atoms. The van der Waals surface area contributed by atoms with Gasteiger partial charge in [-0.3, -0.25) is 4.79 Å². The molecule has 2 nitrogen and oxygen atoms in total. The quantitative estimate of drug-likeness (QED) is 0.875. The van der Waals surface area contributed by atoms with Crippen LogP contribution < -0.4 is 5.32 Å². The summed E-state index contributed by atoms with van der Waals surface area (Å²) in [5.74, 6) is 0.194. The standard InChI is InChI=1S/C16H16ClNO/c1-12(13-6-3-2-4-7-13)10-16(19)18-15-9-5-8-14(17)11-15/h2-9,11-12H,10H2,1H3,(H,18,19)/t12-/m1/s1. The molecule has 0 fully saturated rings. The molecule has 0 bridgehead atoms. The minimum Gasteiger partial charge on any atom is -0.326 e. The molecular formula is C16H16ClNO. The van der Waals surface area contributed by atoms with E-state index < -0.39 is 0 Å². The number of nitrogens with one attached hydrogen (secondary N) is 1. The van der Waals surface area contributed by atoms with E-state index in [2.05, 4.69) is 5.32 Å². The molecule has 0 heterocycles. The van der Waals surface area contributed by atoms with Crippen LogP contribution in [-0.4, -0.2) is 5.91 Å². The van der Waals surface area contributed by atoms with Crippen LogP contribution >= 0.6 is 11.6 Å². The van der Waals surface area contributed by atoms with Crippen LogP contribution in [0, 0.1) is 0 Å². The van der Waals surface area contributed by atoms with Gasteiger partial charge < -0.3 is 5.32 Å². The third-order valence-corrected chi connectivity index (χ3v) is 3.20. The first-order valence-electron chi connectivity index (χ1n) is 6.25. The first-order chi connectivity index (χ1) is 9.15. The fourth-order valence-electron chi connectivity index (χ4n) is 1.96. The van der Waals surface area contributed by atoms with Crippen molar-refractivity contribution in [3.05, 3.63) is 65.2 Å². The van der Waals surface area contributed by atoms with Gasteiger partial charge in [0.15, 0.2) is 0 Å². The van der Waals surface area contributed by atoms with Gasteiger partial charge in [0.1, 0.15) is 0 Å². The van der Waals surface area contributed by atoms with Crippen LogP contribution in [0.5, 0.6) is 0 Å². The predicted octanol–water partition coefficient (Wildman–Crippen LogP) is 4.47. The van der Waals surface area contributed by atoms with Gasteiger partial charge in [-0.05, 0) is 29.7 Å². The van der Waals surface area contributed by atoms with Crippen LogP contribution in [0.3, 0.4) is 0 Å². The number of amides is 1. The molecule has 0 aliphatic carbocycles. The number of anilines is 1. The van der Waals surface area contributed by atoms with Crippen molar-refractivity contribution >= 4 is 23.2 Å². The fraction of sp³-hybridized carbons (Fsp3) is 0.188. The normalized spacial score (nSPS) is 11.9. The summed E-state index contributed by atoms with van der Waals surface area (Å²) in [6.07, 6.45) is 0.455. The minimum absolute atomic E-state index is 0.00128. The maximum atomic E-state index is 12.0. The molecule has 1 atom stereocenters. The van der Waals surface area contributed by atoms with Gasteiger partial charge in [-0.15, -0.1) is 0 Å². The maximum absolute atomic E-state index is 12.0. The molecule has 2 aromatic rings. The van der Waals surface area contributed by atoms with Crippen molar-refractivity contribution in [2.24, 2.45) is 0 Å². The van der Waals surface area contributed by atoms with Crippen LogP contribution in [0.15, 0.2) is 54.6 Å². The van der Waals surface area contributed by atoms with E-state index in [1.165, 1.54) is 5.56 Å². The summed E-state index contributed by atoms with van der Waals surface area (Å²) in [4.78, 5) is 12.0. The van der Waals surface area contributed by atoms with Crippen molar-refractivity contribution in [1.29, 1.82) is 0 Å². The summed E-state index contributed by atoms with van der Waals surface area (Å²) in [5.41, 5.74) is 1.90. The number of carbonyl (C=O) groups is 1. The van der Waals surface area contributed by atoms with Gasteiger partial charge in [0.2, 0.25) is 5.91 Å². The number of carbonyl (C=O) groups excluding carboxylic acids is 1. The third kappa shape index (κ3) is 4.11. The molecule has 1 amide bonds. The average Bonchev–Trinajstić information content (AvgIpc) is 2.39. The zero-order chi connectivity index (χ0) is 13.7. The highest BCUT2D eigenvalue weighted by Crippen LogP contribution is 2.20. The lowest BCUT2D eigenvalue weighted by Crippen LogP contribution is -2.14. The molecular weight excluding hydrogens is 258 g/mol. The first-order valence-corrected chi connectivity index (χ1v) is 6.63. The molecule has 0 aliphatic heterocycles. The van der Waals surface area contributed by atoms with E-state index in [0.29, 0.717) is 11.4 Å². The van der Waals surface area contributed by atoms with Gasteiger partial charge in [-0.25, -0.2) is 0 Å². The lowest BCUT2D eigenvalue weighted by Gasteiger charge is -2.12. The molecule has 2 aromatic carbocycles. The number of halogens is 1. The molecule has 0 spiro atoms. The highest BCUT2D eigenvalue weighted by atomic mass is 35.5. The van der Waals surface area contributed by atoms with Gasteiger partial charge in [0.25, 0.3) is 0 Å². The number of rotatable bonds is 4. The van der Waals surface area contributed by atoms with Crippen molar-refractivity contribution < 1.29 is 4.79 Å². The Morgan fingerprint density at radius 3 is 2.58 bits per heavy atom. The largest absolute Gasteiger partial charge is 0.326 e. The predicted molar refractivity (Wildman–Crippen MR) is 79.6 cm³/mol. The Balaban J connectivity index is 1.95. The Bertz CT molecular complexity index is 554. The summed E-state index contributed by atoms with van der Waals surface area (Å²) < 4.78 is 0. The van der Waals surface area contributed by atoms with Crippen LogP contribution in [0.1, 0.15) is 24.8 Å². The minimum atomic E-state index is -0.00128. The van der Waals surface area contributed by atoms with Crippen molar-refractivity contribution in [2.75, 3.05) is 5.32 Å². The van der Waals surface area contributed by atoms with E-state index in [9.17, 15) is 4.79 Å². The molecule has 0 unspecified atom stereocenters.